The topological polar surface area (TPSA) is 63.6 Å². The quantitative estimate of drug-likeness (QED) is 0.636. The van der Waals surface area contributed by atoms with E-state index in [1.54, 1.807) is 11.3 Å². The maximum absolute atomic E-state index is 5.91. The second-order valence-electron chi connectivity index (χ2n) is 8.15. The van der Waals surface area contributed by atoms with Gasteiger partial charge in [-0.15, -0.1) is 0 Å². The number of thiophene rings is 1. The van der Waals surface area contributed by atoms with Gasteiger partial charge in [-0.3, -0.25) is 0 Å². The number of hydrogen-bond acceptors (Lipinski definition) is 8. The van der Waals surface area contributed by atoms with E-state index >= 15 is 0 Å². The zero-order chi connectivity index (χ0) is 20.7. The molecule has 0 spiro atoms. The van der Waals surface area contributed by atoms with E-state index in [1.807, 2.05) is 0 Å². The highest BCUT2D eigenvalue weighted by Crippen LogP contribution is 2.31. The van der Waals surface area contributed by atoms with Crippen molar-refractivity contribution in [2.45, 2.75) is 33.0 Å². The van der Waals surface area contributed by atoms with E-state index in [-0.39, 0.29) is 12.2 Å². The summed E-state index contributed by atoms with van der Waals surface area (Å²) in [6, 6.07) is 4.21. The summed E-state index contributed by atoms with van der Waals surface area (Å²) in [5.41, 5.74) is 4.12. The molecule has 2 unspecified atom stereocenters. The minimum atomic E-state index is 0.146. The fourth-order valence-corrected chi connectivity index (χ4v) is 5.10. The number of rotatable bonds is 3. The minimum Gasteiger partial charge on any atom is -0.378 e. The maximum Gasteiger partial charge on any atom is 0.229 e. The largest absolute Gasteiger partial charge is 0.378 e. The maximum atomic E-state index is 5.91. The van der Waals surface area contributed by atoms with E-state index in [1.165, 1.54) is 11.1 Å². The third-order valence-electron chi connectivity index (χ3n) is 5.67. The lowest BCUT2D eigenvalue weighted by atomic mass is 10.1. The average Bonchev–Trinajstić information content (AvgIpc) is 3.18. The van der Waals surface area contributed by atoms with Crippen LogP contribution >= 0.6 is 11.3 Å². The van der Waals surface area contributed by atoms with Crippen molar-refractivity contribution in [1.29, 1.82) is 0 Å². The second kappa shape index (κ2) is 8.09. The molecule has 2 atom stereocenters. The minimum absolute atomic E-state index is 0.146. The Labute approximate surface area is 180 Å². The Bertz CT molecular complexity index is 1040. The number of fused-ring (bicyclic) bond motifs is 1. The summed E-state index contributed by atoms with van der Waals surface area (Å²) >= 11 is 1.70. The van der Waals surface area contributed by atoms with Gasteiger partial charge in [0.05, 0.1) is 36.5 Å². The zero-order valence-corrected chi connectivity index (χ0v) is 18.5. The fraction of sp³-hybridized carbons (Fsp3) is 0.500. The van der Waals surface area contributed by atoms with Crippen molar-refractivity contribution in [2.24, 2.45) is 0 Å². The van der Waals surface area contributed by atoms with E-state index < -0.39 is 0 Å². The van der Waals surface area contributed by atoms with Crippen molar-refractivity contribution in [1.82, 2.24) is 15.0 Å². The molecule has 0 N–H and O–H groups in total. The lowest BCUT2D eigenvalue weighted by Crippen LogP contribution is -2.46. The van der Waals surface area contributed by atoms with Gasteiger partial charge in [0.15, 0.2) is 5.65 Å². The van der Waals surface area contributed by atoms with Crippen LogP contribution in [0, 0.1) is 6.92 Å². The van der Waals surface area contributed by atoms with Crippen LogP contribution in [0.15, 0.2) is 22.9 Å². The number of anilines is 2. The molecule has 0 saturated carbocycles. The molecule has 2 aliphatic heterocycles. The first kappa shape index (κ1) is 19.7. The molecule has 158 valence electrons. The van der Waals surface area contributed by atoms with Crippen molar-refractivity contribution in [3.05, 3.63) is 28.5 Å². The van der Waals surface area contributed by atoms with E-state index in [2.05, 4.69) is 53.5 Å². The molecule has 5 heterocycles. The monoisotopic (exact) mass is 425 g/mol. The van der Waals surface area contributed by atoms with E-state index in [9.17, 15) is 0 Å². The summed E-state index contributed by atoms with van der Waals surface area (Å²) in [6.45, 7) is 11.0. The third kappa shape index (κ3) is 3.75. The molecule has 7 nitrogen and oxygen atoms in total. The lowest BCUT2D eigenvalue weighted by molar-refractivity contribution is -0.00570. The van der Waals surface area contributed by atoms with E-state index in [0.717, 1.165) is 54.7 Å². The first-order valence-electron chi connectivity index (χ1n) is 10.5. The van der Waals surface area contributed by atoms with Crippen molar-refractivity contribution >= 4 is 34.1 Å². The highest BCUT2D eigenvalue weighted by Gasteiger charge is 2.26. The smallest absolute Gasteiger partial charge is 0.229 e. The van der Waals surface area contributed by atoms with Gasteiger partial charge in [-0.2, -0.15) is 21.3 Å². The molecule has 0 aliphatic carbocycles. The molecule has 0 amide bonds. The van der Waals surface area contributed by atoms with Gasteiger partial charge in [0.25, 0.3) is 0 Å². The molecule has 0 radical (unpaired) electrons. The summed E-state index contributed by atoms with van der Waals surface area (Å²) in [5.74, 6) is 1.68. The predicted molar refractivity (Wildman–Crippen MR) is 121 cm³/mol. The number of nitrogens with zero attached hydrogens (tertiary/aromatic N) is 5. The molecule has 2 saturated heterocycles. The van der Waals surface area contributed by atoms with Crippen LogP contribution in [0.5, 0.6) is 0 Å². The predicted octanol–water partition coefficient (Wildman–Crippen LogP) is 3.51. The van der Waals surface area contributed by atoms with Crippen LogP contribution in [-0.4, -0.2) is 66.6 Å². The van der Waals surface area contributed by atoms with Gasteiger partial charge in [-0.05, 0) is 43.8 Å². The van der Waals surface area contributed by atoms with Gasteiger partial charge in [-0.1, -0.05) is 0 Å². The molecular formula is C22H27N5O2S. The van der Waals surface area contributed by atoms with E-state index in [0.29, 0.717) is 13.2 Å². The molecular weight excluding hydrogens is 398 g/mol. The number of hydrogen-bond donors (Lipinski definition) is 0. The van der Waals surface area contributed by atoms with Crippen LogP contribution in [-0.2, 0) is 9.47 Å². The van der Waals surface area contributed by atoms with Gasteiger partial charge in [0.2, 0.25) is 5.95 Å². The van der Waals surface area contributed by atoms with Crippen LogP contribution in [0.4, 0.5) is 11.8 Å². The Morgan fingerprint density at radius 2 is 1.73 bits per heavy atom. The zero-order valence-electron chi connectivity index (χ0n) is 17.7. The molecule has 2 fully saturated rings. The van der Waals surface area contributed by atoms with Gasteiger partial charge in [0, 0.05) is 37.1 Å². The number of aromatic nitrogens is 3. The van der Waals surface area contributed by atoms with E-state index in [4.69, 9.17) is 24.4 Å². The number of morpholine rings is 2. The summed E-state index contributed by atoms with van der Waals surface area (Å²) in [5, 5.41) is 5.30. The number of pyridine rings is 1. The normalized spacial score (nSPS) is 22.6. The third-order valence-corrected chi connectivity index (χ3v) is 6.53. The van der Waals surface area contributed by atoms with Crippen molar-refractivity contribution in [2.75, 3.05) is 49.2 Å². The van der Waals surface area contributed by atoms with Crippen molar-refractivity contribution in [3.8, 4) is 11.3 Å². The molecule has 30 heavy (non-hydrogen) atoms. The molecule has 5 rings (SSSR count). The lowest BCUT2D eigenvalue weighted by Gasteiger charge is -2.36. The highest BCUT2D eigenvalue weighted by molar-refractivity contribution is 7.08. The summed E-state index contributed by atoms with van der Waals surface area (Å²) in [7, 11) is 0. The summed E-state index contributed by atoms with van der Waals surface area (Å²) in [6.07, 6.45) is 0.292. The Balaban J connectivity index is 1.63. The van der Waals surface area contributed by atoms with Crippen molar-refractivity contribution in [3.63, 3.8) is 0 Å². The number of aryl methyl sites for hydroxylation is 1. The summed E-state index contributed by atoms with van der Waals surface area (Å²) in [4.78, 5) is 19.4. The molecule has 3 aromatic heterocycles. The average molecular weight is 426 g/mol. The summed E-state index contributed by atoms with van der Waals surface area (Å²) < 4.78 is 11.5. The van der Waals surface area contributed by atoms with Gasteiger partial charge < -0.3 is 19.3 Å². The van der Waals surface area contributed by atoms with Crippen LogP contribution in [0.2, 0.25) is 0 Å². The molecule has 8 heteroatoms. The SMILES string of the molecule is Cc1cscc1-c1ccc2c(N3CCOCC3)nc(N3CC(C)OC(C)C3)nc2n1. The van der Waals surface area contributed by atoms with Crippen LogP contribution in [0.1, 0.15) is 19.4 Å². The van der Waals surface area contributed by atoms with Crippen LogP contribution in [0.25, 0.3) is 22.3 Å². The Hall–Kier alpha value is -2.29. The highest BCUT2D eigenvalue weighted by atomic mass is 32.1. The van der Waals surface area contributed by atoms with Gasteiger partial charge in [0.1, 0.15) is 5.82 Å². The number of ether oxygens (including phenoxy) is 2. The second-order valence-corrected chi connectivity index (χ2v) is 8.89. The Morgan fingerprint density at radius 3 is 2.43 bits per heavy atom. The first-order valence-corrected chi connectivity index (χ1v) is 11.5. The van der Waals surface area contributed by atoms with Crippen LogP contribution in [0.3, 0.4) is 0 Å². The van der Waals surface area contributed by atoms with Crippen LogP contribution < -0.4 is 9.80 Å². The Kier molecular flexibility index (Phi) is 5.30. The van der Waals surface area contributed by atoms with Gasteiger partial charge in [-0.25, -0.2) is 4.98 Å². The van der Waals surface area contributed by atoms with Crippen molar-refractivity contribution < 1.29 is 9.47 Å². The fourth-order valence-electron chi connectivity index (χ4n) is 4.25. The first-order chi connectivity index (χ1) is 14.6. The molecule has 0 aromatic carbocycles. The molecule has 2 aliphatic rings. The Morgan fingerprint density at radius 1 is 0.967 bits per heavy atom. The standard InChI is InChI=1S/C22H27N5O2S/c1-14-12-30-13-18(14)19-5-4-17-20(23-19)24-22(27-10-15(2)29-16(3)11-27)25-21(17)26-6-8-28-9-7-26/h4-5,12-13,15-16H,6-11H2,1-3H3. The molecule has 3 aromatic rings. The molecule has 0 bridgehead atoms. The van der Waals surface area contributed by atoms with Gasteiger partial charge >= 0.3 is 0 Å².